The van der Waals surface area contributed by atoms with Crippen molar-refractivity contribution < 1.29 is 0 Å². The molecule has 0 saturated carbocycles. The van der Waals surface area contributed by atoms with Crippen molar-refractivity contribution in [3.05, 3.63) is 12.3 Å². The van der Waals surface area contributed by atoms with Crippen molar-refractivity contribution >= 4 is 0 Å². The van der Waals surface area contributed by atoms with Gasteiger partial charge in [-0.2, -0.15) is 0 Å². The Bertz CT molecular complexity index is 86.2. The Hall–Kier alpha value is -0.460. The maximum Gasteiger partial charge on any atom is 0.0173 e. The Morgan fingerprint density at radius 2 is 2.57 bits per heavy atom. The molecule has 0 radical (unpaired) electrons. The van der Waals surface area contributed by atoms with Crippen LogP contribution in [0.5, 0.6) is 0 Å². The number of rotatable bonds is 0. The van der Waals surface area contributed by atoms with E-state index in [1.165, 1.54) is 12.1 Å². The summed E-state index contributed by atoms with van der Waals surface area (Å²) in [5.41, 5.74) is 1.20. The molecule has 7 heavy (non-hydrogen) atoms. The van der Waals surface area contributed by atoms with Gasteiger partial charge >= 0.3 is 0 Å². The summed E-state index contributed by atoms with van der Waals surface area (Å²) < 4.78 is 0. The van der Waals surface area contributed by atoms with Crippen molar-refractivity contribution in [2.24, 2.45) is 5.92 Å². The summed E-state index contributed by atoms with van der Waals surface area (Å²) in [5, 5.41) is 3.17. The summed E-state index contributed by atoms with van der Waals surface area (Å²) in [4.78, 5) is 0. The quantitative estimate of drug-likeness (QED) is 0.477. The van der Waals surface area contributed by atoms with Crippen LogP contribution in [0.4, 0.5) is 0 Å². The van der Waals surface area contributed by atoms with Gasteiger partial charge in [0.25, 0.3) is 0 Å². The first-order chi connectivity index (χ1) is 3.29. The first-order valence-electron chi connectivity index (χ1n) is 2.70. The zero-order chi connectivity index (χ0) is 5.28. The molecule has 0 aromatic carbocycles. The third-order valence-electron chi connectivity index (χ3n) is 1.30. The fraction of sp³-hybridized carbons (Fsp3) is 0.667. The standard InChI is InChI=1S/C6H11N/c1-5-3-6(2)7-4-5/h5,7H,2-4H2,1H3/t5-/m0/s1. The third-order valence-corrected chi connectivity index (χ3v) is 1.30. The van der Waals surface area contributed by atoms with Crippen molar-refractivity contribution in [1.82, 2.24) is 5.32 Å². The zero-order valence-corrected chi connectivity index (χ0v) is 4.70. The van der Waals surface area contributed by atoms with Crippen molar-refractivity contribution in [1.29, 1.82) is 0 Å². The van der Waals surface area contributed by atoms with Gasteiger partial charge in [0.2, 0.25) is 0 Å². The lowest BCUT2D eigenvalue weighted by molar-refractivity contribution is 0.654. The molecule has 0 aromatic heterocycles. The van der Waals surface area contributed by atoms with Crippen LogP contribution in [0.1, 0.15) is 13.3 Å². The highest BCUT2D eigenvalue weighted by molar-refractivity contribution is 4.98. The van der Waals surface area contributed by atoms with Gasteiger partial charge in [-0.05, 0) is 12.3 Å². The van der Waals surface area contributed by atoms with Crippen LogP contribution in [-0.4, -0.2) is 6.54 Å². The second-order valence-corrected chi connectivity index (χ2v) is 2.29. The van der Waals surface area contributed by atoms with Crippen LogP contribution in [0.2, 0.25) is 0 Å². The van der Waals surface area contributed by atoms with Gasteiger partial charge in [-0.25, -0.2) is 0 Å². The number of nitrogens with one attached hydrogen (secondary N) is 1. The van der Waals surface area contributed by atoms with Gasteiger partial charge in [-0.1, -0.05) is 13.5 Å². The topological polar surface area (TPSA) is 12.0 Å². The van der Waals surface area contributed by atoms with E-state index in [1.54, 1.807) is 0 Å². The highest BCUT2D eigenvalue weighted by atomic mass is 14.9. The molecular weight excluding hydrogens is 86.1 g/mol. The molecule has 1 heteroatoms. The lowest BCUT2D eigenvalue weighted by Gasteiger charge is -1.90. The molecule has 1 aliphatic rings. The molecule has 0 aromatic rings. The molecule has 1 heterocycles. The lowest BCUT2D eigenvalue weighted by Crippen LogP contribution is -2.04. The molecule has 1 rings (SSSR count). The van der Waals surface area contributed by atoms with E-state index in [2.05, 4.69) is 18.8 Å². The molecule has 1 nitrogen and oxygen atoms in total. The van der Waals surface area contributed by atoms with Crippen LogP contribution < -0.4 is 5.32 Å². The van der Waals surface area contributed by atoms with Crippen molar-refractivity contribution in [2.75, 3.05) is 6.54 Å². The average molecular weight is 97.2 g/mol. The first kappa shape index (κ1) is 4.69. The van der Waals surface area contributed by atoms with Gasteiger partial charge in [-0.3, -0.25) is 0 Å². The second-order valence-electron chi connectivity index (χ2n) is 2.29. The van der Waals surface area contributed by atoms with Crippen LogP contribution in [0.15, 0.2) is 12.3 Å². The largest absolute Gasteiger partial charge is 0.389 e. The van der Waals surface area contributed by atoms with E-state index in [1.807, 2.05) is 0 Å². The highest BCUT2D eigenvalue weighted by Gasteiger charge is 2.10. The van der Waals surface area contributed by atoms with Crippen molar-refractivity contribution in [2.45, 2.75) is 13.3 Å². The normalized spacial score (nSPS) is 30.4. The van der Waals surface area contributed by atoms with E-state index in [9.17, 15) is 0 Å². The van der Waals surface area contributed by atoms with E-state index < -0.39 is 0 Å². The van der Waals surface area contributed by atoms with Crippen LogP contribution in [0, 0.1) is 5.92 Å². The Kier molecular flexibility index (Phi) is 1.05. The lowest BCUT2D eigenvalue weighted by atomic mass is 10.1. The summed E-state index contributed by atoms with van der Waals surface area (Å²) in [6, 6.07) is 0. The molecule has 1 fully saturated rings. The van der Waals surface area contributed by atoms with E-state index in [0.717, 1.165) is 12.5 Å². The minimum atomic E-state index is 0.812. The van der Waals surface area contributed by atoms with Gasteiger partial charge in [0.1, 0.15) is 0 Å². The number of hydrogen-bond acceptors (Lipinski definition) is 1. The Morgan fingerprint density at radius 1 is 1.86 bits per heavy atom. The average Bonchev–Trinajstić information content (AvgIpc) is 1.87. The Balaban J connectivity index is 2.40. The third kappa shape index (κ3) is 0.952. The zero-order valence-electron chi connectivity index (χ0n) is 4.70. The molecular formula is C6H11N. The van der Waals surface area contributed by atoms with Crippen molar-refractivity contribution in [3.63, 3.8) is 0 Å². The van der Waals surface area contributed by atoms with E-state index in [-0.39, 0.29) is 0 Å². The Labute approximate surface area is 44.4 Å². The molecule has 1 N–H and O–H groups in total. The Morgan fingerprint density at radius 3 is 2.71 bits per heavy atom. The highest BCUT2D eigenvalue weighted by Crippen LogP contribution is 2.12. The van der Waals surface area contributed by atoms with Crippen LogP contribution >= 0.6 is 0 Å². The summed E-state index contributed by atoms with van der Waals surface area (Å²) in [6.45, 7) is 7.14. The molecule has 40 valence electrons. The first-order valence-corrected chi connectivity index (χ1v) is 2.70. The summed E-state index contributed by atoms with van der Waals surface area (Å²) >= 11 is 0. The van der Waals surface area contributed by atoms with Crippen LogP contribution in [0.3, 0.4) is 0 Å². The van der Waals surface area contributed by atoms with Gasteiger partial charge in [0, 0.05) is 12.2 Å². The van der Waals surface area contributed by atoms with E-state index >= 15 is 0 Å². The fourth-order valence-electron chi connectivity index (χ4n) is 0.884. The van der Waals surface area contributed by atoms with Gasteiger partial charge in [0.05, 0.1) is 0 Å². The van der Waals surface area contributed by atoms with Crippen molar-refractivity contribution in [3.8, 4) is 0 Å². The molecule has 0 unspecified atom stereocenters. The predicted octanol–water partition coefficient (Wildman–Crippen LogP) is 1.13. The van der Waals surface area contributed by atoms with Gasteiger partial charge in [0.15, 0.2) is 0 Å². The maximum absolute atomic E-state index is 3.79. The molecule has 1 atom stereocenters. The monoisotopic (exact) mass is 97.1 g/mol. The minimum absolute atomic E-state index is 0.812. The van der Waals surface area contributed by atoms with E-state index in [4.69, 9.17) is 0 Å². The SMILES string of the molecule is C=C1C[C@H](C)CN1. The molecule has 0 amide bonds. The molecule has 0 spiro atoms. The molecule has 0 aliphatic carbocycles. The van der Waals surface area contributed by atoms with Gasteiger partial charge < -0.3 is 5.32 Å². The summed E-state index contributed by atoms with van der Waals surface area (Å²) in [7, 11) is 0. The predicted molar refractivity (Wildman–Crippen MR) is 30.9 cm³/mol. The van der Waals surface area contributed by atoms with Gasteiger partial charge in [-0.15, -0.1) is 0 Å². The molecule has 0 bridgehead atoms. The fourth-order valence-corrected chi connectivity index (χ4v) is 0.884. The van der Waals surface area contributed by atoms with E-state index in [0.29, 0.717) is 0 Å². The second kappa shape index (κ2) is 1.57. The smallest absolute Gasteiger partial charge is 0.0173 e. The van der Waals surface area contributed by atoms with Crippen LogP contribution in [-0.2, 0) is 0 Å². The molecule has 1 saturated heterocycles. The minimum Gasteiger partial charge on any atom is -0.389 e. The number of hydrogen-bond donors (Lipinski definition) is 1. The summed E-state index contributed by atoms with van der Waals surface area (Å²) in [6.07, 6.45) is 1.17. The summed E-state index contributed by atoms with van der Waals surface area (Å²) in [5.74, 6) is 0.812. The molecule has 1 aliphatic heterocycles. The van der Waals surface area contributed by atoms with Crippen LogP contribution in [0.25, 0.3) is 0 Å². The maximum atomic E-state index is 3.79. The number of allylic oxidation sites excluding steroid dienone is 1.